The number of amidine groups is 2. The molecule has 0 fully saturated rings. The molecule has 0 amide bonds. The zero-order chi connectivity index (χ0) is 26.1. The molecule has 0 spiro atoms. The fraction of sp³-hybridized carbons (Fsp3) is 0.296. The number of rotatable bonds is 12. The van der Waals surface area contributed by atoms with Gasteiger partial charge >= 0.3 is 0 Å². The number of anilines is 1. The largest absolute Gasteiger partial charge is 0.494 e. The van der Waals surface area contributed by atoms with Gasteiger partial charge < -0.3 is 31.1 Å². The van der Waals surface area contributed by atoms with Crippen molar-refractivity contribution >= 4 is 17.4 Å². The Hall–Kier alpha value is -4.27. The van der Waals surface area contributed by atoms with E-state index in [1.165, 1.54) is 0 Å². The summed E-state index contributed by atoms with van der Waals surface area (Å²) < 4.78 is 11.9. The number of hydrogen-bond donors (Lipinski definition) is 4. The van der Waals surface area contributed by atoms with Gasteiger partial charge in [-0.25, -0.2) is 0 Å². The third-order valence-corrected chi connectivity index (χ3v) is 5.51. The molecule has 0 bridgehead atoms. The topological polar surface area (TPSA) is 141 Å². The van der Waals surface area contributed by atoms with E-state index in [0.717, 1.165) is 33.6 Å². The van der Waals surface area contributed by atoms with Crippen molar-refractivity contribution in [3.05, 3.63) is 82.7 Å². The van der Waals surface area contributed by atoms with Gasteiger partial charge in [0.2, 0.25) is 0 Å². The molecular formula is C27H34N6O3. The van der Waals surface area contributed by atoms with E-state index in [4.69, 9.17) is 31.2 Å². The minimum Gasteiger partial charge on any atom is -0.494 e. The SMILES string of the molecule is CCON=C(N)c1ccc(NCc2cnc(C)c(OC(C(=N)N)c3cccc(OCC)c3)c2C)cc1. The quantitative estimate of drug-likeness (QED) is 0.167. The fourth-order valence-corrected chi connectivity index (χ4v) is 3.61. The number of aryl methyl sites for hydroxylation is 1. The first-order valence-electron chi connectivity index (χ1n) is 11.8. The summed E-state index contributed by atoms with van der Waals surface area (Å²) in [7, 11) is 0. The Morgan fingerprint density at radius 3 is 2.50 bits per heavy atom. The molecule has 2 aromatic carbocycles. The fourth-order valence-electron chi connectivity index (χ4n) is 3.61. The molecule has 1 heterocycles. The third kappa shape index (κ3) is 6.65. The summed E-state index contributed by atoms with van der Waals surface area (Å²) in [6.07, 6.45) is 1.06. The maximum absolute atomic E-state index is 8.14. The van der Waals surface area contributed by atoms with E-state index >= 15 is 0 Å². The van der Waals surface area contributed by atoms with E-state index in [1.54, 1.807) is 0 Å². The predicted molar refractivity (Wildman–Crippen MR) is 143 cm³/mol. The number of hydrogen-bond acceptors (Lipinski definition) is 7. The van der Waals surface area contributed by atoms with Crippen LogP contribution >= 0.6 is 0 Å². The summed E-state index contributed by atoms with van der Waals surface area (Å²) in [6.45, 7) is 9.16. The molecule has 0 aliphatic heterocycles. The van der Waals surface area contributed by atoms with Gasteiger partial charge in [-0.2, -0.15) is 0 Å². The zero-order valence-corrected chi connectivity index (χ0v) is 21.2. The molecule has 6 N–H and O–H groups in total. The second-order valence-electron chi connectivity index (χ2n) is 8.11. The molecule has 1 aromatic heterocycles. The molecule has 0 saturated carbocycles. The van der Waals surface area contributed by atoms with Gasteiger partial charge in [-0.3, -0.25) is 10.4 Å². The Bertz CT molecular complexity index is 1210. The highest BCUT2D eigenvalue weighted by Crippen LogP contribution is 2.31. The number of ether oxygens (including phenoxy) is 2. The average molecular weight is 491 g/mol. The van der Waals surface area contributed by atoms with Crippen LogP contribution in [0.15, 0.2) is 59.9 Å². The number of pyridine rings is 1. The van der Waals surface area contributed by atoms with Crippen LogP contribution < -0.4 is 26.3 Å². The zero-order valence-electron chi connectivity index (χ0n) is 21.2. The normalized spacial score (nSPS) is 12.1. The first kappa shape index (κ1) is 26.3. The van der Waals surface area contributed by atoms with Crippen molar-refractivity contribution in [1.82, 2.24) is 4.98 Å². The second-order valence-corrected chi connectivity index (χ2v) is 8.11. The molecule has 3 rings (SSSR count). The molecule has 0 aliphatic carbocycles. The molecule has 1 unspecified atom stereocenters. The lowest BCUT2D eigenvalue weighted by Gasteiger charge is -2.22. The Morgan fingerprint density at radius 2 is 1.83 bits per heavy atom. The highest BCUT2D eigenvalue weighted by atomic mass is 16.6. The average Bonchev–Trinajstić information content (AvgIpc) is 2.87. The van der Waals surface area contributed by atoms with Gasteiger partial charge in [-0.1, -0.05) is 17.3 Å². The smallest absolute Gasteiger partial charge is 0.180 e. The predicted octanol–water partition coefficient (Wildman–Crippen LogP) is 4.42. The van der Waals surface area contributed by atoms with Crippen molar-refractivity contribution in [3.63, 3.8) is 0 Å². The number of aromatic nitrogens is 1. The summed E-state index contributed by atoms with van der Waals surface area (Å²) in [5.74, 6) is 1.53. The second kappa shape index (κ2) is 12.4. The van der Waals surface area contributed by atoms with E-state index in [1.807, 2.05) is 82.4 Å². The van der Waals surface area contributed by atoms with Crippen LogP contribution in [0.25, 0.3) is 0 Å². The lowest BCUT2D eigenvalue weighted by Crippen LogP contribution is -2.26. The number of nitrogens with zero attached hydrogens (tertiary/aromatic N) is 2. The summed E-state index contributed by atoms with van der Waals surface area (Å²) in [5.41, 5.74) is 16.9. The lowest BCUT2D eigenvalue weighted by molar-refractivity contribution is 0.158. The molecule has 0 saturated heterocycles. The Balaban J connectivity index is 1.77. The Morgan fingerprint density at radius 1 is 1.08 bits per heavy atom. The molecule has 3 aromatic rings. The van der Waals surface area contributed by atoms with Crippen molar-refractivity contribution in [3.8, 4) is 11.5 Å². The maximum atomic E-state index is 8.14. The van der Waals surface area contributed by atoms with E-state index in [0.29, 0.717) is 37.1 Å². The van der Waals surface area contributed by atoms with Crippen molar-refractivity contribution < 1.29 is 14.3 Å². The van der Waals surface area contributed by atoms with Crippen LogP contribution in [0.5, 0.6) is 11.5 Å². The highest BCUT2D eigenvalue weighted by Gasteiger charge is 2.21. The van der Waals surface area contributed by atoms with Crippen LogP contribution in [0.1, 0.15) is 47.9 Å². The van der Waals surface area contributed by atoms with E-state index in [2.05, 4.69) is 15.5 Å². The monoisotopic (exact) mass is 490 g/mol. The number of nitrogens with two attached hydrogens (primary N) is 2. The first-order valence-corrected chi connectivity index (χ1v) is 11.8. The molecule has 0 radical (unpaired) electrons. The van der Waals surface area contributed by atoms with Gasteiger partial charge in [-0.15, -0.1) is 0 Å². The Kier molecular flexibility index (Phi) is 9.10. The van der Waals surface area contributed by atoms with E-state index in [9.17, 15) is 0 Å². The number of oxime groups is 1. The van der Waals surface area contributed by atoms with Gasteiger partial charge in [0, 0.05) is 29.6 Å². The first-order chi connectivity index (χ1) is 17.3. The van der Waals surface area contributed by atoms with Gasteiger partial charge in [0.05, 0.1) is 12.3 Å². The van der Waals surface area contributed by atoms with E-state index < -0.39 is 6.10 Å². The number of nitrogens with one attached hydrogen (secondary N) is 2. The number of benzene rings is 2. The molecule has 9 nitrogen and oxygen atoms in total. The minimum atomic E-state index is -0.760. The van der Waals surface area contributed by atoms with Gasteiger partial charge in [0.15, 0.2) is 11.9 Å². The molecular weight excluding hydrogens is 456 g/mol. The molecule has 9 heteroatoms. The van der Waals surface area contributed by atoms with Crippen LogP contribution in [0.2, 0.25) is 0 Å². The van der Waals surface area contributed by atoms with Crippen LogP contribution in [-0.4, -0.2) is 29.9 Å². The molecule has 190 valence electrons. The van der Waals surface area contributed by atoms with Crippen molar-refractivity contribution in [2.24, 2.45) is 16.6 Å². The van der Waals surface area contributed by atoms with Crippen LogP contribution in [-0.2, 0) is 11.4 Å². The van der Waals surface area contributed by atoms with Gasteiger partial charge in [0.1, 0.15) is 23.9 Å². The molecule has 36 heavy (non-hydrogen) atoms. The van der Waals surface area contributed by atoms with Crippen LogP contribution in [0, 0.1) is 19.3 Å². The maximum Gasteiger partial charge on any atom is 0.180 e. The highest BCUT2D eigenvalue weighted by molar-refractivity contribution is 5.97. The van der Waals surface area contributed by atoms with Crippen LogP contribution in [0.4, 0.5) is 5.69 Å². The van der Waals surface area contributed by atoms with Gasteiger partial charge in [-0.05, 0) is 75.2 Å². The Labute approximate surface area is 212 Å². The summed E-state index contributed by atoms with van der Waals surface area (Å²) >= 11 is 0. The van der Waals surface area contributed by atoms with Crippen molar-refractivity contribution in [2.75, 3.05) is 18.5 Å². The standard InChI is InChI=1S/C27H34N6O3/c1-5-34-23-9-7-8-20(14-23)25(26(28)29)36-24-17(3)21(15-31-18(24)4)16-32-22-12-10-19(11-13-22)27(30)33-35-6-2/h7-15,25,32H,5-6,16H2,1-4H3,(H3,28,29)(H2,30,33). The summed E-state index contributed by atoms with van der Waals surface area (Å²) in [6, 6.07) is 15.0. The third-order valence-electron chi connectivity index (χ3n) is 5.51. The molecule has 1 atom stereocenters. The summed E-state index contributed by atoms with van der Waals surface area (Å²) in [4.78, 5) is 9.53. The van der Waals surface area contributed by atoms with Crippen LogP contribution in [0.3, 0.4) is 0 Å². The van der Waals surface area contributed by atoms with E-state index in [-0.39, 0.29) is 5.84 Å². The minimum absolute atomic E-state index is 0.0989. The van der Waals surface area contributed by atoms with Gasteiger partial charge in [0.25, 0.3) is 0 Å². The molecule has 0 aliphatic rings. The van der Waals surface area contributed by atoms with Crippen molar-refractivity contribution in [1.29, 1.82) is 5.41 Å². The lowest BCUT2D eigenvalue weighted by atomic mass is 10.1. The van der Waals surface area contributed by atoms with Crippen molar-refractivity contribution in [2.45, 2.75) is 40.3 Å². The summed E-state index contributed by atoms with van der Waals surface area (Å²) in [5, 5.41) is 15.4.